The smallest absolute Gasteiger partial charge is 0.201 e. The number of ketones is 1. The minimum Gasteiger partial charge on any atom is -0.288 e. The molecule has 0 saturated heterocycles. The first-order valence-electron chi connectivity index (χ1n) is 6.02. The van der Waals surface area contributed by atoms with Crippen LogP contribution in [-0.4, -0.2) is 5.78 Å². The van der Waals surface area contributed by atoms with Gasteiger partial charge in [-0.25, -0.2) is 8.78 Å². The number of hydrogen-bond acceptors (Lipinski definition) is 1. The highest BCUT2D eigenvalue weighted by Gasteiger charge is 2.25. The zero-order chi connectivity index (χ0) is 16.4. The molecule has 0 fully saturated rings. The second-order valence-electron chi connectivity index (χ2n) is 4.39. The summed E-state index contributed by atoms with van der Waals surface area (Å²) in [6.07, 6.45) is 0. The Bertz CT molecular complexity index is 685. The fraction of sp³-hybridized carbons (Fsp3) is 0.133. The maximum Gasteiger partial charge on any atom is 0.201 e. The molecule has 22 heavy (non-hydrogen) atoms. The van der Waals surface area contributed by atoms with E-state index in [1.165, 1.54) is 12.1 Å². The summed E-state index contributed by atoms with van der Waals surface area (Å²) in [5.41, 5.74) is 1.06. The van der Waals surface area contributed by atoms with E-state index >= 15 is 0 Å². The van der Waals surface area contributed by atoms with Gasteiger partial charge in [0, 0.05) is 19.6 Å². The van der Waals surface area contributed by atoms with Crippen molar-refractivity contribution in [2.75, 3.05) is 0 Å². The van der Waals surface area contributed by atoms with Gasteiger partial charge in [-0.2, -0.15) is 0 Å². The van der Waals surface area contributed by atoms with Crippen molar-refractivity contribution in [1.82, 2.24) is 0 Å². The molecule has 116 valence electrons. The van der Waals surface area contributed by atoms with Crippen molar-refractivity contribution < 1.29 is 13.6 Å². The Morgan fingerprint density at radius 3 is 1.50 bits per heavy atom. The van der Waals surface area contributed by atoms with Crippen LogP contribution in [0.1, 0.15) is 27.0 Å². The number of carbonyl (C=O) groups excluding carboxylic acids is 1. The molecule has 7 heteroatoms. The Hall–Kier alpha value is -0.110. The molecule has 2 aromatic carbocycles. The molecule has 2 aromatic rings. The molecule has 0 aliphatic heterocycles. The standard InChI is InChI=1S/C15H8Br4F2O/c16-5-7-1-3-9(20)11(13(7)18)15(22)12-10(21)4-2-8(6-17)14(12)19/h1-4H,5-6H2. The predicted molar refractivity (Wildman–Crippen MR) is 96.9 cm³/mol. The summed E-state index contributed by atoms with van der Waals surface area (Å²) in [6, 6.07) is 5.53. The van der Waals surface area contributed by atoms with Crippen LogP contribution in [-0.2, 0) is 10.7 Å². The third-order valence-corrected chi connectivity index (χ3v) is 6.10. The molecule has 0 unspecified atom stereocenters. The number of benzene rings is 2. The normalized spacial score (nSPS) is 10.8. The number of alkyl halides is 2. The van der Waals surface area contributed by atoms with E-state index in [-0.39, 0.29) is 11.1 Å². The zero-order valence-corrected chi connectivity index (χ0v) is 17.2. The lowest BCUT2D eigenvalue weighted by atomic mass is 9.99. The molecule has 0 aliphatic carbocycles. The van der Waals surface area contributed by atoms with Crippen molar-refractivity contribution in [3.8, 4) is 0 Å². The highest BCUT2D eigenvalue weighted by Crippen LogP contribution is 2.33. The van der Waals surface area contributed by atoms with Gasteiger partial charge in [0.05, 0.1) is 11.1 Å². The van der Waals surface area contributed by atoms with Crippen LogP contribution in [0.5, 0.6) is 0 Å². The molecule has 0 spiro atoms. The van der Waals surface area contributed by atoms with Gasteiger partial charge >= 0.3 is 0 Å². The fourth-order valence-corrected chi connectivity index (χ4v) is 4.91. The Morgan fingerprint density at radius 1 is 0.818 bits per heavy atom. The Morgan fingerprint density at radius 2 is 1.18 bits per heavy atom. The van der Waals surface area contributed by atoms with E-state index in [1.54, 1.807) is 12.1 Å². The lowest BCUT2D eigenvalue weighted by molar-refractivity contribution is 0.102. The summed E-state index contributed by atoms with van der Waals surface area (Å²) in [6.45, 7) is 0. The van der Waals surface area contributed by atoms with Crippen molar-refractivity contribution in [3.05, 3.63) is 67.1 Å². The SMILES string of the molecule is O=C(c1c(F)ccc(CBr)c1Br)c1c(F)ccc(CBr)c1Br. The number of carbonyl (C=O) groups is 1. The minimum absolute atomic E-state index is 0.178. The third kappa shape index (κ3) is 3.37. The predicted octanol–water partition coefficient (Wildman–Crippen LogP) is 6.51. The zero-order valence-electron chi connectivity index (χ0n) is 10.9. The molecule has 0 bridgehead atoms. The number of hydrogen-bond donors (Lipinski definition) is 0. The van der Waals surface area contributed by atoms with E-state index in [2.05, 4.69) is 63.7 Å². The van der Waals surface area contributed by atoms with Gasteiger partial charge in [-0.3, -0.25) is 4.79 Å². The van der Waals surface area contributed by atoms with Gasteiger partial charge in [-0.15, -0.1) is 0 Å². The average molecular weight is 562 g/mol. The van der Waals surface area contributed by atoms with E-state index < -0.39 is 17.4 Å². The maximum absolute atomic E-state index is 14.1. The molecule has 0 saturated carbocycles. The van der Waals surface area contributed by atoms with Crippen LogP contribution in [0.4, 0.5) is 8.78 Å². The largest absolute Gasteiger partial charge is 0.288 e. The summed E-state index contributed by atoms with van der Waals surface area (Å²) in [7, 11) is 0. The molecular weight excluding hydrogens is 554 g/mol. The van der Waals surface area contributed by atoms with Crippen molar-refractivity contribution in [3.63, 3.8) is 0 Å². The van der Waals surface area contributed by atoms with Crippen LogP contribution in [0.2, 0.25) is 0 Å². The minimum atomic E-state index is -0.709. The van der Waals surface area contributed by atoms with Crippen molar-refractivity contribution in [2.24, 2.45) is 0 Å². The molecule has 0 atom stereocenters. The van der Waals surface area contributed by atoms with Crippen LogP contribution in [0.25, 0.3) is 0 Å². The topological polar surface area (TPSA) is 17.1 Å². The Kier molecular flexibility index (Phi) is 6.33. The summed E-state index contributed by atoms with van der Waals surface area (Å²) < 4.78 is 28.9. The number of halogens is 6. The fourth-order valence-electron chi connectivity index (χ4n) is 1.94. The first-order valence-corrected chi connectivity index (χ1v) is 9.85. The van der Waals surface area contributed by atoms with Crippen molar-refractivity contribution in [1.29, 1.82) is 0 Å². The first-order chi connectivity index (χ1) is 10.4. The lowest BCUT2D eigenvalue weighted by Gasteiger charge is -2.12. The Labute approximate surface area is 160 Å². The second-order valence-corrected chi connectivity index (χ2v) is 7.09. The van der Waals surface area contributed by atoms with E-state index in [1.807, 2.05) is 0 Å². The highest BCUT2D eigenvalue weighted by atomic mass is 79.9. The van der Waals surface area contributed by atoms with Gasteiger partial charge in [0.15, 0.2) is 0 Å². The maximum atomic E-state index is 14.1. The summed E-state index contributed by atoms with van der Waals surface area (Å²) in [5.74, 6) is -2.10. The quantitative estimate of drug-likeness (QED) is 0.307. The van der Waals surface area contributed by atoms with Gasteiger partial charge in [-0.1, -0.05) is 44.0 Å². The molecule has 0 amide bonds. The van der Waals surface area contributed by atoms with Gasteiger partial charge in [0.1, 0.15) is 11.6 Å². The first kappa shape index (κ1) is 18.2. The molecule has 0 N–H and O–H groups in total. The Balaban J connectivity index is 2.69. The van der Waals surface area contributed by atoms with E-state index in [0.717, 1.165) is 0 Å². The van der Waals surface area contributed by atoms with Crippen LogP contribution in [0, 0.1) is 11.6 Å². The molecule has 0 heterocycles. The van der Waals surface area contributed by atoms with E-state index in [4.69, 9.17) is 0 Å². The van der Waals surface area contributed by atoms with Crippen LogP contribution in [0.15, 0.2) is 33.2 Å². The van der Waals surface area contributed by atoms with E-state index in [0.29, 0.717) is 30.7 Å². The van der Waals surface area contributed by atoms with Gasteiger partial charge < -0.3 is 0 Å². The number of rotatable bonds is 4. The second kappa shape index (κ2) is 7.64. The molecule has 1 nitrogen and oxygen atoms in total. The summed E-state index contributed by atoms with van der Waals surface area (Å²) >= 11 is 13.0. The molecular formula is C15H8Br4F2O. The van der Waals surface area contributed by atoms with Gasteiger partial charge in [0.25, 0.3) is 0 Å². The van der Waals surface area contributed by atoms with Crippen molar-refractivity contribution >= 4 is 69.5 Å². The monoisotopic (exact) mass is 558 g/mol. The molecule has 2 rings (SSSR count). The molecule has 0 aromatic heterocycles. The van der Waals surface area contributed by atoms with E-state index in [9.17, 15) is 13.6 Å². The lowest BCUT2D eigenvalue weighted by Crippen LogP contribution is -2.11. The van der Waals surface area contributed by atoms with Gasteiger partial charge in [-0.05, 0) is 55.1 Å². The summed E-state index contributed by atoms with van der Waals surface area (Å²) in [5, 5.41) is 0.887. The summed E-state index contributed by atoms with van der Waals surface area (Å²) in [4.78, 5) is 12.7. The molecule has 0 radical (unpaired) electrons. The van der Waals surface area contributed by atoms with Crippen LogP contribution >= 0.6 is 63.7 Å². The van der Waals surface area contributed by atoms with Gasteiger partial charge in [0.2, 0.25) is 5.78 Å². The highest BCUT2D eigenvalue weighted by molar-refractivity contribution is 9.11. The average Bonchev–Trinajstić information content (AvgIpc) is 2.48. The molecule has 0 aliphatic rings. The van der Waals surface area contributed by atoms with Crippen LogP contribution in [0.3, 0.4) is 0 Å². The third-order valence-electron chi connectivity index (χ3n) is 3.08. The van der Waals surface area contributed by atoms with Crippen LogP contribution < -0.4 is 0 Å². The van der Waals surface area contributed by atoms with Crippen molar-refractivity contribution in [2.45, 2.75) is 10.7 Å².